The van der Waals surface area contributed by atoms with E-state index in [1.165, 1.54) is 70.6 Å². The fourth-order valence-corrected chi connectivity index (χ4v) is 4.00. The van der Waals surface area contributed by atoms with Gasteiger partial charge in [0.1, 0.15) is 0 Å². The van der Waals surface area contributed by atoms with Crippen LogP contribution in [0.15, 0.2) is 0 Å². The van der Waals surface area contributed by atoms with Gasteiger partial charge in [0.2, 0.25) is 0 Å². The van der Waals surface area contributed by atoms with Crippen molar-refractivity contribution in [3.8, 4) is 0 Å². The average molecular weight is 223 g/mol. The lowest BCUT2D eigenvalue weighted by molar-refractivity contribution is 0.127. The summed E-state index contributed by atoms with van der Waals surface area (Å²) in [6.45, 7) is 2.31. The third-order valence-electron chi connectivity index (χ3n) is 5.15. The van der Waals surface area contributed by atoms with Gasteiger partial charge < -0.3 is 5.73 Å². The van der Waals surface area contributed by atoms with Crippen molar-refractivity contribution in [2.45, 2.75) is 83.1 Å². The van der Waals surface area contributed by atoms with E-state index in [4.69, 9.17) is 5.73 Å². The van der Waals surface area contributed by atoms with Gasteiger partial charge in [-0.2, -0.15) is 0 Å². The van der Waals surface area contributed by atoms with Gasteiger partial charge in [-0.05, 0) is 50.4 Å². The van der Waals surface area contributed by atoms with Gasteiger partial charge in [-0.1, -0.05) is 39.0 Å². The van der Waals surface area contributed by atoms with E-state index in [9.17, 15) is 0 Å². The number of hydrogen-bond acceptors (Lipinski definition) is 1. The average Bonchev–Trinajstić information content (AvgIpc) is 2.34. The minimum Gasteiger partial charge on any atom is -0.325 e. The summed E-state index contributed by atoms with van der Waals surface area (Å²) in [5.74, 6) is 1.84. The molecule has 2 rings (SSSR count). The van der Waals surface area contributed by atoms with Crippen molar-refractivity contribution in [2.75, 3.05) is 0 Å². The first-order chi connectivity index (χ1) is 7.74. The summed E-state index contributed by atoms with van der Waals surface area (Å²) < 4.78 is 0. The maximum absolute atomic E-state index is 6.69. The Morgan fingerprint density at radius 3 is 2.19 bits per heavy atom. The Kier molecular flexibility index (Phi) is 4.29. The zero-order chi connectivity index (χ0) is 11.4. The quantitative estimate of drug-likeness (QED) is 0.760. The summed E-state index contributed by atoms with van der Waals surface area (Å²) in [5, 5.41) is 0. The summed E-state index contributed by atoms with van der Waals surface area (Å²) in [5.41, 5.74) is 6.92. The molecule has 0 aromatic rings. The summed E-state index contributed by atoms with van der Waals surface area (Å²) in [6.07, 6.45) is 15.3. The molecule has 16 heavy (non-hydrogen) atoms. The van der Waals surface area contributed by atoms with Crippen LogP contribution in [-0.4, -0.2) is 5.54 Å². The molecule has 0 aromatic carbocycles. The van der Waals surface area contributed by atoms with Crippen molar-refractivity contribution in [3.05, 3.63) is 0 Å². The maximum Gasteiger partial charge on any atom is 0.0183 e. The lowest BCUT2D eigenvalue weighted by Gasteiger charge is -2.44. The Morgan fingerprint density at radius 1 is 1.00 bits per heavy atom. The third-order valence-corrected chi connectivity index (χ3v) is 5.15. The van der Waals surface area contributed by atoms with Gasteiger partial charge in [0.15, 0.2) is 0 Å². The molecule has 2 fully saturated rings. The molecule has 1 heteroatoms. The van der Waals surface area contributed by atoms with E-state index in [1.54, 1.807) is 0 Å². The molecule has 94 valence electrons. The second kappa shape index (κ2) is 5.53. The van der Waals surface area contributed by atoms with E-state index >= 15 is 0 Å². The SMILES string of the molecule is CCCC1CCC(N)(C2CCCCC2)CC1. The standard InChI is InChI=1S/C15H29N/c1-2-6-13-9-11-15(16,12-10-13)14-7-4-3-5-8-14/h13-14H,2-12,16H2,1H3. The summed E-state index contributed by atoms with van der Waals surface area (Å²) in [6, 6.07) is 0. The van der Waals surface area contributed by atoms with Crippen LogP contribution in [0.25, 0.3) is 0 Å². The molecule has 0 heterocycles. The van der Waals surface area contributed by atoms with Gasteiger partial charge in [0, 0.05) is 5.54 Å². The van der Waals surface area contributed by atoms with E-state index in [1.807, 2.05) is 0 Å². The van der Waals surface area contributed by atoms with Crippen LogP contribution >= 0.6 is 0 Å². The third kappa shape index (κ3) is 2.80. The Labute approximate surface area is 101 Å². The van der Waals surface area contributed by atoms with E-state index in [-0.39, 0.29) is 5.54 Å². The molecule has 0 saturated heterocycles. The largest absolute Gasteiger partial charge is 0.325 e. The number of hydrogen-bond donors (Lipinski definition) is 1. The number of rotatable bonds is 3. The molecule has 0 radical (unpaired) electrons. The predicted octanol–water partition coefficient (Wildman–Crippen LogP) is 4.25. The minimum atomic E-state index is 0.227. The van der Waals surface area contributed by atoms with Crippen LogP contribution in [0.4, 0.5) is 0 Å². The first-order valence-corrected chi connectivity index (χ1v) is 7.53. The second-order valence-electron chi connectivity index (χ2n) is 6.30. The van der Waals surface area contributed by atoms with Crippen molar-refractivity contribution >= 4 is 0 Å². The van der Waals surface area contributed by atoms with Crippen molar-refractivity contribution in [1.29, 1.82) is 0 Å². The van der Waals surface area contributed by atoms with Crippen molar-refractivity contribution in [3.63, 3.8) is 0 Å². The molecule has 0 amide bonds. The summed E-state index contributed by atoms with van der Waals surface area (Å²) in [7, 11) is 0. The molecule has 2 N–H and O–H groups in total. The normalized spacial score (nSPS) is 37.5. The molecule has 2 aliphatic carbocycles. The number of nitrogens with two attached hydrogens (primary N) is 1. The Hall–Kier alpha value is -0.0400. The molecule has 0 unspecified atom stereocenters. The van der Waals surface area contributed by atoms with E-state index in [0.29, 0.717) is 0 Å². The highest BCUT2D eigenvalue weighted by atomic mass is 14.8. The van der Waals surface area contributed by atoms with Crippen LogP contribution < -0.4 is 5.73 Å². The molecular formula is C15H29N. The highest BCUT2D eigenvalue weighted by Gasteiger charge is 2.38. The molecule has 0 aliphatic heterocycles. The Bertz CT molecular complexity index is 197. The van der Waals surface area contributed by atoms with Gasteiger partial charge >= 0.3 is 0 Å². The topological polar surface area (TPSA) is 26.0 Å². The molecule has 2 saturated carbocycles. The van der Waals surface area contributed by atoms with Crippen LogP contribution in [-0.2, 0) is 0 Å². The maximum atomic E-state index is 6.69. The molecular weight excluding hydrogens is 194 g/mol. The molecule has 0 spiro atoms. The van der Waals surface area contributed by atoms with E-state index in [0.717, 1.165) is 11.8 Å². The van der Waals surface area contributed by atoms with E-state index in [2.05, 4.69) is 6.92 Å². The predicted molar refractivity (Wildman–Crippen MR) is 70.4 cm³/mol. The molecule has 1 nitrogen and oxygen atoms in total. The van der Waals surface area contributed by atoms with Gasteiger partial charge in [0.05, 0.1) is 0 Å². The fraction of sp³-hybridized carbons (Fsp3) is 1.00. The monoisotopic (exact) mass is 223 g/mol. The van der Waals surface area contributed by atoms with Crippen LogP contribution in [0.1, 0.15) is 77.6 Å². The minimum absolute atomic E-state index is 0.227. The summed E-state index contributed by atoms with van der Waals surface area (Å²) >= 11 is 0. The van der Waals surface area contributed by atoms with Crippen LogP contribution in [0.2, 0.25) is 0 Å². The molecule has 0 atom stereocenters. The molecule has 2 aliphatic rings. The van der Waals surface area contributed by atoms with Gasteiger partial charge in [-0.15, -0.1) is 0 Å². The van der Waals surface area contributed by atoms with Gasteiger partial charge in [-0.25, -0.2) is 0 Å². The zero-order valence-electron chi connectivity index (χ0n) is 11.0. The summed E-state index contributed by atoms with van der Waals surface area (Å²) in [4.78, 5) is 0. The van der Waals surface area contributed by atoms with E-state index < -0.39 is 0 Å². The van der Waals surface area contributed by atoms with Crippen LogP contribution in [0, 0.1) is 11.8 Å². The zero-order valence-corrected chi connectivity index (χ0v) is 11.0. The van der Waals surface area contributed by atoms with Crippen molar-refractivity contribution < 1.29 is 0 Å². The highest BCUT2D eigenvalue weighted by Crippen LogP contribution is 2.42. The Balaban J connectivity index is 1.84. The second-order valence-corrected chi connectivity index (χ2v) is 6.30. The lowest BCUT2D eigenvalue weighted by atomic mass is 9.65. The highest BCUT2D eigenvalue weighted by molar-refractivity contribution is 4.96. The van der Waals surface area contributed by atoms with Gasteiger partial charge in [-0.3, -0.25) is 0 Å². The lowest BCUT2D eigenvalue weighted by Crippen LogP contribution is -2.50. The van der Waals surface area contributed by atoms with Crippen LogP contribution in [0.3, 0.4) is 0 Å². The fourth-order valence-electron chi connectivity index (χ4n) is 4.00. The van der Waals surface area contributed by atoms with Crippen molar-refractivity contribution in [2.24, 2.45) is 17.6 Å². The molecule has 0 bridgehead atoms. The first kappa shape index (κ1) is 12.4. The van der Waals surface area contributed by atoms with Crippen molar-refractivity contribution in [1.82, 2.24) is 0 Å². The molecule has 0 aromatic heterocycles. The first-order valence-electron chi connectivity index (χ1n) is 7.53. The smallest absolute Gasteiger partial charge is 0.0183 e. The van der Waals surface area contributed by atoms with Gasteiger partial charge in [0.25, 0.3) is 0 Å². The Morgan fingerprint density at radius 2 is 1.62 bits per heavy atom. The van der Waals surface area contributed by atoms with Crippen LogP contribution in [0.5, 0.6) is 0 Å².